The van der Waals surface area contributed by atoms with Crippen molar-refractivity contribution in [3.8, 4) is 0 Å². The first-order valence-electron chi connectivity index (χ1n) is 6.60. The minimum Gasteiger partial charge on any atom is -0.383 e. The lowest BCUT2D eigenvalue weighted by Gasteiger charge is -2.11. The van der Waals surface area contributed by atoms with Crippen LogP contribution in [0.15, 0.2) is 52.3 Å². The Morgan fingerprint density at radius 3 is 2.86 bits per heavy atom. The van der Waals surface area contributed by atoms with E-state index in [0.29, 0.717) is 18.2 Å². The molecular weight excluding hydrogens is 309 g/mol. The van der Waals surface area contributed by atoms with Crippen LogP contribution in [0.5, 0.6) is 0 Å². The molecule has 5 heteroatoms. The van der Waals surface area contributed by atoms with Gasteiger partial charge in [0.1, 0.15) is 5.82 Å². The van der Waals surface area contributed by atoms with Gasteiger partial charge in [-0.1, -0.05) is 29.4 Å². The van der Waals surface area contributed by atoms with Crippen molar-refractivity contribution in [2.75, 3.05) is 20.3 Å². The summed E-state index contributed by atoms with van der Waals surface area (Å²) >= 11 is 7.59. The number of halogens is 2. The van der Waals surface area contributed by atoms with Gasteiger partial charge in [0.2, 0.25) is 0 Å². The molecule has 0 aliphatic carbocycles. The summed E-state index contributed by atoms with van der Waals surface area (Å²) in [6, 6.07) is 12.3. The fraction of sp³-hybridized carbons (Fsp3) is 0.250. The van der Waals surface area contributed by atoms with Gasteiger partial charge in [-0.25, -0.2) is 4.39 Å². The van der Waals surface area contributed by atoms with E-state index in [2.05, 4.69) is 5.32 Å². The molecule has 112 valence electrons. The Morgan fingerprint density at radius 2 is 2.10 bits per heavy atom. The van der Waals surface area contributed by atoms with Gasteiger partial charge in [-0.2, -0.15) is 0 Å². The molecule has 1 N–H and O–H groups in total. The Morgan fingerprint density at radius 1 is 1.24 bits per heavy atom. The highest BCUT2D eigenvalue weighted by molar-refractivity contribution is 7.99. The van der Waals surface area contributed by atoms with Crippen LogP contribution in [0.25, 0.3) is 0 Å². The quantitative estimate of drug-likeness (QED) is 0.764. The van der Waals surface area contributed by atoms with Gasteiger partial charge in [-0.15, -0.1) is 0 Å². The molecular formula is C16H17ClFNOS. The third-order valence-electron chi connectivity index (χ3n) is 2.84. The van der Waals surface area contributed by atoms with Crippen LogP contribution in [0.2, 0.25) is 5.02 Å². The zero-order chi connectivity index (χ0) is 15.1. The Kier molecular flexibility index (Phi) is 6.51. The Labute approximate surface area is 133 Å². The molecule has 0 radical (unpaired) electrons. The average Bonchev–Trinajstić information content (AvgIpc) is 2.46. The molecule has 0 atom stereocenters. The van der Waals surface area contributed by atoms with Crippen LogP contribution < -0.4 is 5.32 Å². The molecule has 0 aliphatic rings. The molecule has 0 amide bonds. The van der Waals surface area contributed by atoms with Gasteiger partial charge >= 0.3 is 0 Å². The average molecular weight is 326 g/mol. The van der Waals surface area contributed by atoms with Crippen LogP contribution in [-0.2, 0) is 11.3 Å². The molecule has 0 aromatic heterocycles. The van der Waals surface area contributed by atoms with Crippen molar-refractivity contribution in [1.82, 2.24) is 5.32 Å². The van der Waals surface area contributed by atoms with Crippen LogP contribution in [0.3, 0.4) is 0 Å². The second-order valence-corrected chi connectivity index (χ2v) is 6.03. The highest BCUT2D eigenvalue weighted by atomic mass is 35.5. The maximum absolute atomic E-state index is 13.3. The predicted octanol–water partition coefficient (Wildman–Crippen LogP) is 4.37. The normalized spacial score (nSPS) is 10.8. The molecule has 0 saturated carbocycles. The second kappa shape index (κ2) is 8.39. The Bertz CT molecular complexity index is 594. The molecule has 0 spiro atoms. The molecule has 2 aromatic carbocycles. The van der Waals surface area contributed by atoms with Crippen LogP contribution in [0, 0.1) is 5.82 Å². The first-order valence-corrected chi connectivity index (χ1v) is 7.80. The molecule has 0 fully saturated rings. The summed E-state index contributed by atoms with van der Waals surface area (Å²) in [7, 11) is 1.67. The summed E-state index contributed by atoms with van der Waals surface area (Å²) in [4.78, 5) is 1.94. The van der Waals surface area contributed by atoms with Gasteiger partial charge in [0.25, 0.3) is 0 Å². The fourth-order valence-corrected chi connectivity index (χ4v) is 3.01. The summed E-state index contributed by atoms with van der Waals surface area (Å²) in [5.41, 5.74) is 1.09. The van der Waals surface area contributed by atoms with E-state index in [-0.39, 0.29) is 5.82 Å². The number of nitrogens with one attached hydrogen (secondary N) is 1. The molecule has 2 rings (SSSR count). The molecule has 0 bridgehead atoms. The summed E-state index contributed by atoms with van der Waals surface area (Å²) in [6.45, 7) is 2.13. The highest BCUT2D eigenvalue weighted by Crippen LogP contribution is 2.32. The van der Waals surface area contributed by atoms with Crippen LogP contribution in [0.4, 0.5) is 4.39 Å². The number of hydrogen-bond acceptors (Lipinski definition) is 3. The van der Waals surface area contributed by atoms with E-state index in [1.54, 1.807) is 13.2 Å². The highest BCUT2D eigenvalue weighted by Gasteiger charge is 2.06. The number of hydrogen-bond donors (Lipinski definition) is 1. The van der Waals surface area contributed by atoms with Gasteiger partial charge in [-0.05, 0) is 42.0 Å². The second-order valence-electron chi connectivity index (χ2n) is 4.48. The van der Waals surface area contributed by atoms with Crippen molar-refractivity contribution >= 4 is 23.4 Å². The Balaban J connectivity index is 2.10. The van der Waals surface area contributed by atoms with Gasteiger partial charge in [-0.3, -0.25) is 0 Å². The summed E-state index contributed by atoms with van der Waals surface area (Å²) in [6.07, 6.45) is 0. The van der Waals surface area contributed by atoms with Crippen molar-refractivity contribution in [2.45, 2.75) is 16.3 Å². The van der Waals surface area contributed by atoms with Crippen LogP contribution in [-0.4, -0.2) is 20.3 Å². The minimum atomic E-state index is -0.228. The molecule has 0 heterocycles. The first kappa shape index (κ1) is 16.3. The van der Waals surface area contributed by atoms with Crippen LogP contribution >= 0.6 is 23.4 Å². The molecule has 21 heavy (non-hydrogen) atoms. The number of ether oxygens (including phenoxy) is 1. The van der Waals surface area contributed by atoms with E-state index in [1.807, 2.05) is 24.3 Å². The lowest BCUT2D eigenvalue weighted by Crippen LogP contribution is -2.18. The molecule has 2 nitrogen and oxygen atoms in total. The first-order chi connectivity index (χ1) is 10.2. The number of rotatable bonds is 7. The van der Waals surface area contributed by atoms with Crippen molar-refractivity contribution in [1.29, 1.82) is 0 Å². The monoisotopic (exact) mass is 325 g/mol. The van der Waals surface area contributed by atoms with Gasteiger partial charge in [0.05, 0.1) is 6.61 Å². The third kappa shape index (κ3) is 5.32. The molecule has 2 aromatic rings. The summed E-state index contributed by atoms with van der Waals surface area (Å²) < 4.78 is 18.3. The minimum absolute atomic E-state index is 0.228. The largest absolute Gasteiger partial charge is 0.383 e. The molecule has 0 saturated heterocycles. The van der Waals surface area contributed by atoms with Crippen molar-refractivity contribution in [3.05, 3.63) is 58.9 Å². The lowest BCUT2D eigenvalue weighted by atomic mass is 10.2. The van der Waals surface area contributed by atoms with E-state index >= 15 is 0 Å². The van der Waals surface area contributed by atoms with Crippen molar-refractivity contribution < 1.29 is 9.13 Å². The molecule has 0 aliphatic heterocycles. The topological polar surface area (TPSA) is 21.3 Å². The van der Waals surface area contributed by atoms with Crippen molar-refractivity contribution in [3.63, 3.8) is 0 Å². The maximum Gasteiger partial charge on any atom is 0.124 e. The number of methoxy groups -OCH3 is 1. The van der Waals surface area contributed by atoms with Gasteiger partial charge in [0.15, 0.2) is 0 Å². The summed E-state index contributed by atoms with van der Waals surface area (Å²) in [5, 5.41) is 3.99. The number of benzene rings is 2. The summed E-state index contributed by atoms with van der Waals surface area (Å²) in [5.74, 6) is -0.228. The Hall–Kier alpha value is -1.07. The van der Waals surface area contributed by atoms with E-state index in [0.717, 1.165) is 21.9 Å². The van der Waals surface area contributed by atoms with Crippen LogP contribution in [0.1, 0.15) is 5.56 Å². The third-order valence-corrected chi connectivity index (χ3v) is 4.19. The predicted molar refractivity (Wildman–Crippen MR) is 85.6 cm³/mol. The fourth-order valence-electron chi connectivity index (χ4n) is 1.84. The van der Waals surface area contributed by atoms with E-state index < -0.39 is 0 Å². The zero-order valence-electron chi connectivity index (χ0n) is 11.7. The van der Waals surface area contributed by atoms with E-state index in [1.165, 1.54) is 23.9 Å². The lowest BCUT2D eigenvalue weighted by molar-refractivity contribution is 0.199. The van der Waals surface area contributed by atoms with Gasteiger partial charge < -0.3 is 10.1 Å². The smallest absolute Gasteiger partial charge is 0.124 e. The van der Waals surface area contributed by atoms with Gasteiger partial charge in [0, 0.05) is 35.0 Å². The van der Waals surface area contributed by atoms with E-state index in [4.69, 9.17) is 16.3 Å². The maximum atomic E-state index is 13.3. The molecule has 0 unspecified atom stereocenters. The van der Waals surface area contributed by atoms with E-state index in [9.17, 15) is 4.39 Å². The standard InChI is InChI=1S/C16H17ClFNOS/c1-20-8-7-19-11-12-9-13(17)5-6-16(12)21-15-4-2-3-14(18)10-15/h2-6,9-10,19H,7-8,11H2,1H3. The zero-order valence-corrected chi connectivity index (χ0v) is 13.3. The SMILES string of the molecule is COCCNCc1cc(Cl)ccc1Sc1cccc(F)c1. The van der Waals surface area contributed by atoms with Crippen molar-refractivity contribution in [2.24, 2.45) is 0 Å².